The molecular weight excluding hydrogens is 546 g/mol. The zero-order valence-corrected chi connectivity index (χ0v) is 23.7. The Morgan fingerprint density at radius 2 is 1.76 bits per heavy atom. The predicted molar refractivity (Wildman–Crippen MR) is 153 cm³/mol. The standard InChI is InChI=1S/C31H32F2N4O3S/c1-21(22-6-9-24(32)10-7-22)18-31(38)37(20-30-34-16-17-36(30)2)26-13-8-23-4-3-5-29(28(23)19-26)35-41(39,40)27-14-11-25(33)12-15-27/h6-17,19,21,29,35H,3-5,18,20H2,1-2H3/t21-,29+/m0/s1. The number of nitrogens with one attached hydrogen (secondary N) is 1. The van der Waals surface area contributed by atoms with E-state index in [1.165, 1.54) is 24.3 Å². The van der Waals surface area contributed by atoms with Crippen molar-refractivity contribution in [1.82, 2.24) is 14.3 Å². The molecule has 0 aliphatic heterocycles. The highest BCUT2D eigenvalue weighted by atomic mass is 32.2. The highest BCUT2D eigenvalue weighted by Crippen LogP contribution is 2.35. The molecule has 5 rings (SSSR count). The molecule has 214 valence electrons. The van der Waals surface area contributed by atoms with E-state index in [9.17, 15) is 22.0 Å². The molecule has 1 aliphatic carbocycles. The van der Waals surface area contributed by atoms with E-state index in [1.54, 1.807) is 23.2 Å². The number of nitrogens with zero attached hydrogens (tertiary/aromatic N) is 3. The van der Waals surface area contributed by atoms with Crippen molar-refractivity contribution in [2.45, 2.75) is 56.0 Å². The van der Waals surface area contributed by atoms with Crippen molar-refractivity contribution in [3.05, 3.63) is 113 Å². The van der Waals surface area contributed by atoms with Crippen LogP contribution >= 0.6 is 0 Å². The smallest absolute Gasteiger partial charge is 0.241 e. The third-order valence-corrected chi connectivity index (χ3v) is 9.11. The van der Waals surface area contributed by atoms with Crippen LogP contribution in [0.15, 0.2) is 84.0 Å². The molecule has 10 heteroatoms. The maximum absolute atomic E-state index is 13.8. The molecule has 41 heavy (non-hydrogen) atoms. The van der Waals surface area contributed by atoms with Crippen LogP contribution in [0.1, 0.15) is 60.7 Å². The van der Waals surface area contributed by atoms with Crippen LogP contribution in [0.3, 0.4) is 0 Å². The van der Waals surface area contributed by atoms with Crippen LogP contribution in [-0.4, -0.2) is 23.9 Å². The number of fused-ring (bicyclic) bond motifs is 1. The number of carbonyl (C=O) groups is 1. The Morgan fingerprint density at radius 1 is 1.07 bits per heavy atom. The normalized spacial score (nSPS) is 15.8. The second kappa shape index (κ2) is 11.9. The minimum Gasteiger partial charge on any atom is -0.337 e. The van der Waals surface area contributed by atoms with Crippen molar-refractivity contribution in [2.24, 2.45) is 7.05 Å². The number of imidazole rings is 1. The van der Waals surface area contributed by atoms with Gasteiger partial charge < -0.3 is 9.47 Å². The minimum absolute atomic E-state index is 0.0106. The fourth-order valence-electron chi connectivity index (χ4n) is 5.24. The minimum atomic E-state index is -3.90. The summed E-state index contributed by atoms with van der Waals surface area (Å²) in [4.78, 5) is 19.9. The molecule has 3 aromatic carbocycles. The maximum atomic E-state index is 13.8. The third-order valence-electron chi connectivity index (χ3n) is 7.62. The monoisotopic (exact) mass is 578 g/mol. The summed E-state index contributed by atoms with van der Waals surface area (Å²) < 4.78 is 57.8. The largest absolute Gasteiger partial charge is 0.337 e. The van der Waals surface area contributed by atoms with Gasteiger partial charge in [-0.3, -0.25) is 4.79 Å². The summed E-state index contributed by atoms with van der Waals surface area (Å²) in [5, 5.41) is 0. The average Bonchev–Trinajstić information content (AvgIpc) is 3.36. The highest BCUT2D eigenvalue weighted by molar-refractivity contribution is 7.89. The van der Waals surface area contributed by atoms with Gasteiger partial charge in [-0.2, -0.15) is 0 Å². The van der Waals surface area contributed by atoms with Crippen LogP contribution in [0, 0.1) is 11.6 Å². The lowest BCUT2D eigenvalue weighted by Crippen LogP contribution is -2.34. The van der Waals surface area contributed by atoms with E-state index in [2.05, 4.69) is 9.71 Å². The van der Waals surface area contributed by atoms with E-state index in [0.29, 0.717) is 17.9 Å². The molecule has 1 aliphatic rings. The molecule has 0 spiro atoms. The van der Waals surface area contributed by atoms with Crippen molar-refractivity contribution < 1.29 is 22.0 Å². The van der Waals surface area contributed by atoms with Crippen molar-refractivity contribution in [2.75, 3.05) is 4.90 Å². The molecule has 1 aromatic heterocycles. The number of anilines is 1. The summed E-state index contributed by atoms with van der Waals surface area (Å²) in [6, 6.07) is 16.1. The molecule has 0 fully saturated rings. The number of sulfonamides is 1. The zero-order valence-electron chi connectivity index (χ0n) is 22.9. The van der Waals surface area contributed by atoms with E-state index in [0.717, 1.165) is 41.7 Å². The first-order chi connectivity index (χ1) is 19.6. The molecule has 0 saturated carbocycles. The first-order valence-corrected chi connectivity index (χ1v) is 15.0. The third kappa shape index (κ3) is 6.55. The number of hydrogen-bond acceptors (Lipinski definition) is 4. The molecule has 1 amide bonds. The Balaban J connectivity index is 1.45. The maximum Gasteiger partial charge on any atom is 0.241 e. The number of aromatic nitrogens is 2. The molecule has 0 bridgehead atoms. The van der Waals surface area contributed by atoms with Gasteiger partial charge in [0, 0.05) is 37.6 Å². The summed E-state index contributed by atoms with van der Waals surface area (Å²) >= 11 is 0. The predicted octanol–water partition coefficient (Wildman–Crippen LogP) is 5.78. The average molecular weight is 579 g/mol. The van der Waals surface area contributed by atoms with Gasteiger partial charge in [-0.25, -0.2) is 26.9 Å². The zero-order chi connectivity index (χ0) is 29.1. The summed E-state index contributed by atoms with van der Waals surface area (Å²) in [5.41, 5.74) is 3.31. The molecule has 0 radical (unpaired) electrons. The number of halogens is 2. The number of benzene rings is 3. The lowest BCUT2D eigenvalue weighted by atomic mass is 9.87. The first-order valence-electron chi connectivity index (χ1n) is 13.5. The van der Waals surface area contributed by atoms with Gasteiger partial charge in [0.15, 0.2) is 0 Å². The van der Waals surface area contributed by atoms with E-state index in [1.807, 2.05) is 42.9 Å². The molecule has 0 saturated heterocycles. The second-order valence-electron chi connectivity index (χ2n) is 10.5. The van der Waals surface area contributed by atoms with Gasteiger partial charge in [0.05, 0.1) is 11.4 Å². The van der Waals surface area contributed by atoms with Crippen LogP contribution in [0.5, 0.6) is 0 Å². The Kier molecular flexibility index (Phi) is 8.32. The number of carbonyl (C=O) groups excluding carboxylic acids is 1. The quantitative estimate of drug-likeness (QED) is 0.273. The summed E-state index contributed by atoms with van der Waals surface area (Å²) in [5.74, 6) is -0.437. The van der Waals surface area contributed by atoms with Crippen LogP contribution < -0.4 is 9.62 Å². The van der Waals surface area contributed by atoms with E-state index < -0.39 is 21.9 Å². The Labute approximate surface area is 238 Å². The van der Waals surface area contributed by atoms with Crippen LogP contribution in [0.25, 0.3) is 0 Å². The molecule has 4 aromatic rings. The highest BCUT2D eigenvalue weighted by Gasteiger charge is 2.28. The molecule has 2 atom stereocenters. The summed E-state index contributed by atoms with van der Waals surface area (Å²) in [7, 11) is -2.04. The molecule has 0 unspecified atom stereocenters. The Morgan fingerprint density at radius 3 is 2.41 bits per heavy atom. The number of amides is 1. The van der Waals surface area contributed by atoms with E-state index in [4.69, 9.17) is 0 Å². The van der Waals surface area contributed by atoms with Crippen molar-refractivity contribution in [3.8, 4) is 0 Å². The van der Waals surface area contributed by atoms with Gasteiger partial charge in [0.2, 0.25) is 15.9 Å². The molecule has 7 nitrogen and oxygen atoms in total. The molecular formula is C31H32F2N4O3S. The number of hydrogen-bond donors (Lipinski definition) is 1. The summed E-state index contributed by atoms with van der Waals surface area (Å²) in [6.07, 6.45) is 5.85. The van der Waals surface area contributed by atoms with Crippen LogP contribution in [0.4, 0.5) is 14.5 Å². The van der Waals surface area contributed by atoms with Crippen LogP contribution in [0.2, 0.25) is 0 Å². The topological polar surface area (TPSA) is 84.3 Å². The van der Waals surface area contributed by atoms with Crippen molar-refractivity contribution >= 4 is 21.6 Å². The fraction of sp³-hybridized carbons (Fsp3) is 0.290. The van der Waals surface area contributed by atoms with Gasteiger partial charge in [0.25, 0.3) is 0 Å². The molecule has 1 N–H and O–H groups in total. The van der Waals surface area contributed by atoms with Gasteiger partial charge in [0.1, 0.15) is 17.5 Å². The van der Waals surface area contributed by atoms with Crippen molar-refractivity contribution in [3.63, 3.8) is 0 Å². The second-order valence-corrected chi connectivity index (χ2v) is 12.2. The van der Waals surface area contributed by atoms with Gasteiger partial charge in [-0.1, -0.05) is 25.1 Å². The number of aryl methyl sites for hydroxylation is 2. The van der Waals surface area contributed by atoms with Gasteiger partial charge >= 0.3 is 0 Å². The van der Waals surface area contributed by atoms with Crippen LogP contribution in [-0.2, 0) is 34.8 Å². The first kappa shape index (κ1) is 28.6. The fourth-order valence-corrected chi connectivity index (χ4v) is 6.49. The Hall–Kier alpha value is -3.89. The van der Waals surface area contributed by atoms with E-state index in [-0.39, 0.29) is 35.5 Å². The van der Waals surface area contributed by atoms with Crippen molar-refractivity contribution in [1.29, 1.82) is 0 Å². The summed E-state index contributed by atoms with van der Waals surface area (Å²) in [6.45, 7) is 2.15. The van der Waals surface area contributed by atoms with Gasteiger partial charge in [-0.05, 0) is 90.4 Å². The lowest BCUT2D eigenvalue weighted by Gasteiger charge is -2.30. The molecule has 1 heterocycles. The Bertz CT molecular complexity index is 1640. The number of rotatable bonds is 9. The lowest BCUT2D eigenvalue weighted by molar-refractivity contribution is -0.119. The van der Waals surface area contributed by atoms with E-state index >= 15 is 0 Å². The SMILES string of the molecule is C[C@@H](CC(=O)N(Cc1nccn1C)c1ccc2c(c1)[C@H](NS(=O)(=O)c1ccc(F)cc1)CCC2)c1ccc(F)cc1. The van der Waals surface area contributed by atoms with Gasteiger partial charge in [-0.15, -0.1) is 0 Å².